The van der Waals surface area contributed by atoms with Crippen LogP contribution >= 0.6 is 0 Å². The van der Waals surface area contributed by atoms with Crippen LogP contribution in [0.15, 0.2) is 12.1 Å². The Labute approximate surface area is 86.0 Å². The van der Waals surface area contributed by atoms with E-state index in [-0.39, 0.29) is 0 Å². The molecule has 0 saturated heterocycles. The summed E-state index contributed by atoms with van der Waals surface area (Å²) in [5, 5.41) is 3.04. The number of aryl methyl sites for hydroxylation is 2. The second-order valence-corrected chi connectivity index (χ2v) is 4.51. The standard InChI is InChI=1S/C14H18/c1-9-5-6-11(3)14-12(4)8-7-10(2)13(9)14/h5-6H,7-8H2,1-4H3. The van der Waals surface area contributed by atoms with Crippen LogP contribution in [0, 0.1) is 13.8 Å². The predicted octanol–water partition coefficient (Wildman–Crippen LogP) is 2.44. The predicted molar refractivity (Wildman–Crippen MR) is 62.6 cm³/mol. The highest BCUT2D eigenvalue weighted by atomic mass is 14.1. The van der Waals surface area contributed by atoms with Gasteiger partial charge in [0.2, 0.25) is 0 Å². The summed E-state index contributed by atoms with van der Waals surface area (Å²) >= 11 is 0. The number of rotatable bonds is 0. The van der Waals surface area contributed by atoms with Crippen LogP contribution in [0.5, 0.6) is 0 Å². The van der Waals surface area contributed by atoms with Gasteiger partial charge in [-0.1, -0.05) is 23.3 Å². The molecule has 0 fully saturated rings. The van der Waals surface area contributed by atoms with Crippen molar-refractivity contribution >= 4 is 11.1 Å². The van der Waals surface area contributed by atoms with E-state index in [0.29, 0.717) is 0 Å². The lowest BCUT2D eigenvalue weighted by Gasteiger charge is -2.14. The fourth-order valence-corrected chi connectivity index (χ4v) is 2.54. The number of fused-ring (bicyclic) bond motifs is 1. The second-order valence-electron chi connectivity index (χ2n) is 4.51. The smallest absolute Gasteiger partial charge is 0.0163 e. The zero-order chi connectivity index (χ0) is 10.3. The summed E-state index contributed by atoms with van der Waals surface area (Å²) < 4.78 is 0. The van der Waals surface area contributed by atoms with Crippen molar-refractivity contribution in [3.8, 4) is 0 Å². The van der Waals surface area contributed by atoms with Gasteiger partial charge in [-0.2, -0.15) is 0 Å². The Morgan fingerprint density at radius 1 is 0.714 bits per heavy atom. The Balaban J connectivity index is 3.07. The molecule has 1 aliphatic rings. The van der Waals surface area contributed by atoms with Gasteiger partial charge in [-0.05, 0) is 62.1 Å². The van der Waals surface area contributed by atoms with Gasteiger partial charge in [0.1, 0.15) is 0 Å². The highest BCUT2D eigenvalue weighted by Crippen LogP contribution is 2.14. The van der Waals surface area contributed by atoms with E-state index in [2.05, 4.69) is 39.8 Å². The fourth-order valence-electron chi connectivity index (χ4n) is 2.54. The van der Waals surface area contributed by atoms with Crippen LogP contribution in [-0.4, -0.2) is 0 Å². The van der Waals surface area contributed by atoms with Gasteiger partial charge in [-0.15, -0.1) is 0 Å². The van der Waals surface area contributed by atoms with Crippen molar-refractivity contribution < 1.29 is 0 Å². The summed E-state index contributed by atoms with van der Waals surface area (Å²) in [6, 6.07) is 4.49. The molecule has 0 aromatic heterocycles. The van der Waals surface area contributed by atoms with Crippen molar-refractivity contribution in [3.05, 3.63) is 33.7 Å². The van der Waals surface area contributed by atoms with Crippen molar-refractivity contribution in [1.29, 1.82) is 0 Å². The molecule has 1 aromatic rings. The normalized spacial score (nSPS) is 15.7. The first kappa shape index (κ1) is 9.51. The maximum atomic E-state index is 2.28. The monoisotopic (exact) mass is 186 g/mol. The molecule has 74 valence electrons. The molecule has 0 bridgehead atoms. The van der Waals surface area contributed by atoms with Gasteiger partial charge < -0.3 is 0 Å². The van der Waals surface area contributed by atoms with Gasteiger partial charge in [0.05, 0.1) is 0 Å². The summed E-state index contributed by atoms with van der Waals surface area (Å²) in [4.78, 5) is 0. The quantitative estimate of drug-likeness (QED) is 0.584. The lowest BCUT2D eigenvalue weighted by Crippen LogP contribution is -2.35. The first-order valence-corrected chi connectivity index (χ1v) is 5.37. The molecule has 0 spiro atoms. The maximum absolute atomic E-state index is 2.28. The zero-order valence-corrected chi connectivity index (χ0v) is 9.57. The molecule has 0 amide bonds. The molecule has 0 radical (unpaired) electrons. The van der Waals surface area contributed by atoms with Crippen molar-refractivity contribution in [2.75, 3.05) is 0 Å². The lowest BCUT2D eigenvalue weighted by atomic mass is 9.91. The molecular formula is C14H18. The summed E-state index contributed by atoms with van der Waals surface area (Å²) in [5.74, 6) is 0. The second kappa shape index (κ2) is 3.27. The van der Waals surface area contributed by atoms with E-state index in [4.69, 9.17) is 0 Å². The van der Waals surface area contributed by atoms with Gasteiger partial charge in [0.15, 0.2) is 0 Å². The molecule has 2 rings (SSSR count). The van der Waals surface area contributed by atoms with Crippen LogP contribution in [0.2, 0.25) is 0 Å². The SMILES string of the molecule is CC1=c2c(C)ccc(C)c2=C(C)CC1. The number of hydrogen-bond donors (Lipinski definition) is 0. The van der Waals surface area contributed by atoms with E-state index < -0.39 is 0 Å². The van der Waals surface area contributed by atoms with Crippen LogP contribution in [-0.2, 0) is 0 Å². The molecule has 0 aliphatic heterocycles. The molecule has 0 nitrogen and oxygen atoms in total. The first-order chi connectivity index (χ1) is 6.61. The van der Waals surface area contributed by atoms with Gasteiger partial charge in [0, 0.05) is 0 Å². The van der Waals surface area contributed by atoms with Crippen LogP contribution in [0.3, 0.4) is 0 Å². The maximum Gasteiger partial charge on any atom is -0.0163 e. The average molecular weight is 186 g/mol. The molecule has 0 atom stereocenters. The minimum Gasteiger partial charge on any atom is -0.0649 e. The van der Waals surface area contributed by atoms with Crippen molar-refractivity contribution in [3.63, 3.8) is 0 Å². The van der Waals surface area contributed by atoms with Crippen LogP contribution < -0.4 is 10.4 Å². The van der Waals surface area contributed by atoms with Crippen molar-refractivity contribution in [1.82, 2.24) is 0 Å². The van der Waals surface area contributed by atoms with Gasteiger partial charge in [-0.3, -0.25) is 0 Å². The van der Waals surface area contributed by atoms with Crippen LogP contribution in [0.25, 0.3) is 11.1 Å². The van der Waals surface area contributed by atoms with E-state index in [1.807, 2.05) is 0 Å². The van der Waals surface area contributed by atoms with E-state index >= 15 is 0 Å². The molecule has 0 saturated carbocycles. The Morgan fingerprint density at radius 3 is 1.43 bits per heavy atom. The molecule has 14 heavy (non-hydrogen) atoms. The molecule has 0 N–H and O–H groups in total. The number of benzene rings is 1. The average Bonchev–Trinajstić information content (AvgIpc) is 2.16. The largest absolute Gasteiger partial charge is 0.0649 e. The summed E-state index contributed by atoms with van der Waals surface area (Å²) in [5.41, 5.74) is 5.99. The van der Waals surface area contributed by atoms with Crippen LogP contribution in [0.4, 0.5) is 0 Å². The van der Waals surface area contributed by atoms with Crippen LogP contribution in [0.1, 0.15) is 37.8 Å². The third-order valence-corrected chi connectivity index (χ3v) is 3.35. The van der Waals surface area contributed by atoms with Gasteiger partial charge in [0.25, 0.3) is 0 Å². The summed E-state index contributed by atoms with van der Waals surface area (Å²) in [6.45, 7) is 9.00. The zero-order valence-electron chi connectivity index (χ0n) is 9.57. The van der Waals surface area contributed by atoms with E-state index in [1.54, 1.807) is 11.1 Å². The minimum absolute atomic E-state index is 1.24. The first-order valence-electron chi connectivity index (χ1n) is 5.37. The Morgan fingerprint density at radius 2 is 1.07 bits per heavy atom. The summed E-state index contributed by atoms with van der Waals surface area (Å²) in [6.07, 6.45) is 2.48. The minimum atomic E-state index is 1.24. The third kappa shape index (κ3) is 1.30. The van der Waals surface area contributed by atoms with Gasteiger partial charge in [-0.25, -0.2) is 0 Å². The lowest BCUT2D eigenvalue weighted by molar-refractivity contribution is 1.01. The van der Waals surface area contributed by atoms with Crippen molar-refractivity contribution in [2.24, 2.45) is 0 Å². The van der Waals surface area contributed by atoms with E-state index in [0.717, 1.165) is 0 Å². The van der Waals surface area contributed by atoms with E-state index in [9.17, 15) is 0 Å². The topological polar surface area (TPSA) is 0 Å². The van der Waals surface area contributed by atoms with Gasteiger partial charge >= 0.3 is 0 Å². The highest BCUT2D eigenvalue weighted by Gasteiger charge is 2.08. The molecule has 1 aliphatic carbocycles. The highest BCUT2D eigenvalue weighted by molar-refractivity contribution is 5.58. The molecule has 0 heterocycles. The van der Waals surface area contributed by atoms with E-state index in [1.165, 1.54) is 34.4 Å². The molecule has 1 aromatic carbocycles. The van der Waals surface area contributed by atoms with Crippen molar-refractivity contribution in [2.45, 2.75) is 40.5 Å². The Hall–Kier alpha value is -1.04. The molecule has 0 heteroatoms. The summed E-state index contributed by atoms with van der Waals surface area (Å²) in [7, 11) is 0. The Bertz CT molecular complexity index is 443. The Kier molecular flexibility index (Phi) is 2.22. The molecular weight excluding hydrogens is 168 g/mol. The fraction of sp³-hybridized carbons (Fsp3) is 0.429. The third-order valence-electron chi connectivity index (χ3n) is 3.35. The number of hydrogen-bond acceptors (Lipinski definition) is 0. The molecule has 0 unspecified atom stereocenters.